The summed E-state index contributed by atoms with van der Waals surface area (Å²) in [5.74, 6) is -0.0834. The van der Waals surface area contributed by atoms with Gasteiger partial charge < -0.3 is 10.6 Å². The van der Waals surface area contributed by atoms with E-state index in [2.05, 4.69) is 42.5 Å². The average molecular weight is 392 g/mol. The lowest BCUT2D eigenvalue weighted by Crippen LogP contribution is -2.38. The van der Waals surface area contributed by atoms with E-state index in [1.807, 2.05) is 19.9 Å². The summed E-state index contributed by atoms with van der Waals surface area (Å²) in [7, 11) is 0. The number of hydrogen-bond acceptors (Lipinski definition) is 2. The molecule has 0 saturated heterocycles. The van der Waals surface area contributed by atoms with Crippen molar-refractivity contribution in [3.63, 3.8) is 0 Å². The molecule has 1 aromatic rings. The summed E-state index contributed by atoms with van der Waals surface area (Å²) in [6.07, 6.45) is 0. The lowest BCUT2D eigenvalue weighted by atomic mass is 10.2. The lowest BCUT2D eigenvalue weighted by molar-refractivity contribution is -0.120. The topological polar surface area (TPSA) is 58.2 Å². The van der Waals surface area contributed by atoms with E-state index in [-0.39, 0.29) is 18.4 Å². The smallest absolute Gasteiger partial charge is 0.252 e. The minimum absolute atomic E-state index is 0.0233. The molecule has 0 spiro atoms. The molecule has 0 saturated carbocycles. The SMILES string of the molecule is CC(C)CNC(=O)CNC(=O)c1cc(Br)ccc1Br. The molecule has 0 aliphatic heterocycles. The summed E-state index contributed by atoms with van der Waals surface area (Å²) in [5.41, 5.74) is 0.492. The molecule has 0 aliphatic rings. The predicted molar refractivity (Wildman–Crippen MR) is 82.0 cm³/mol. The number of carbonyl (C=O) groups excluding carboxylic acids is 2. The zero-order chi connectivity index (χ0) is 14.4. The van der Waals surface area contributed by atoms with Crippen molar-refractivity contribution in [2.45, 2.75) is 13.8 Å². The normalized spacial score (nSPS) is 10.4. The Morgan fingerprint density at radius 1 is 1.21 bits per heavy atom. The van der Waals surface area contributed by atoms with Crippen LogP contribution in [-0.4, -0.2) is 24.9 Å². The summed E-state index contributed by atoms with van der Waals surface area (Å²) in [4.78, 5) is 23.4. The molecule has 0 unspecified atom stereocenters. The third-order valence-corrected chi connectivity index (χ3v) is 3.47. The van der Waals surface area contributed by atoms with Crippen LogP contribution in [0.2, 0.25) is 0 Å². The van der Waals surface area contributed by atoms with Crippen molar-refractivity contribution in [2.24, 2.45) is 5.92 Å². The Balaban J connectivity index is 2.51. The minimum atomic E-state index is -0.284. The van der Waals surface area contributed by atoms with Gasteiger partial charge in [0.25, 0.3) is 5.91 Å². The molecule has 0 aliphatic carbocycles. The third kappa shape index (κ3) is 5.74. The van der Waals surface area contributed by atoms with Crippen LogP contribution < -0.4 is 10.6 Å². The van der Waals surface area contributed by atoms with Gasteiger partial charge in [-0.2, -0.15) is 0 Å². The van der Waals surface area contributed by atoms with Crippen molar-refractivity contribution in [3.8, 4) is 0 Å². The monoisotopic (exact) mass is 390 g/mol. The molecule has 19 heavy (non-hydrogen) atoms. The molecule has 1 rings (SSSR count). The first kappa shape index (κ1) is 16.2. The molecule has 0 aromatic heterocycles. The largest absolute Gasteiger partial charge is 0.354 e. The van der Waals surface area contributed by atoms with Crippen molar-refractivity contribution in [3.05, 3.63) is 32.7 Å². The number of amides is 2. The van der Waals surface area contributed by atoms with E-state index in [0.29, 0.717) is 22.5 Å². The molecule has 0 heterocycles. The van der Waals surface area contributed by atoms with Crippen LogP contribution in [0.15, 0.2) is 27.1 Å². The van der Waals surface area contributed by atoms with Gasteiger partial charge in [0.1, 0.15) is 0 Å². The second kappa shape index (κ2) is 7.65. The molecule has 0 radical (unpaired) electrons. The third-order valence-electron chi connectivity index (χ3n) is 2.29. The molecule has 0 fully saturated rings. The number of benzene rings is 1. The van der Waals surface area contributed by atoms with Crippen LogP contribution in [0.25, 0.3) is 0 Å². The standard InChI is InChI=1S/C13H16Br2N2O2/c1-8(2)6-16-12(18)7-17-13(19)10-5-9(14)3-4-11(10)15/h3-5,8H,6-7H2,1-2H3,(H,16,18)(H,17,19). The maximum absolute atomic E-state index is 11.9. The quantitative estimate of drug-likeness (QED) is 0.810. The van der Waals surface area contributed by atoms with E-state index in [4.69, 9.17) is 0 Å². The van der Waals surface area contributed by atoms with E-state index in [1.165, 1.54) is 0 Å². The van der Waals surface area contributed by atoms with Gasteiger partial charge in [-0.05, 0) is 40.0 Å². The van der Waals surface area contributed by atoms with Gasteiger partial charge in [-0.15, -0.1) is 0 Å². The van der Waals surface area contributed by atoms with Crippen molar-refractivity contribution in [1.82, 2.24) is 10.6 Å². The van der Waals surface area contributed by atoms with Gasteiger partial charge in [0, 0.05) is 15.5 Å². The van der Waals surface area contributed by atoms with Crippen LogP contribution in [0.4, 0.5) is 0 Å². The highest BCUT2D eigenvalue weighted by atomic mass is 79.9. The first-order valence-electron chi connectivity index (χ1n) is 5.90. The van der Waals surface area contributed by atoms with E-state index < -0.39 is 0 Å². The molecule has 0 atom stereocenters. The van der Waals surface area contributed by atoms with Gasteiger partial charge >= 0.3 is 0 Å². The van der Waals surface area contributed by atoms with E-state index in [9.17, 15) is 9.59 Å². The molecular weight excluding hydrogens is 376 g/mol. The molecular formula is C13H16Br2N2O2. The van der Waals surface area contributed by atoms with Crippen molar-refractivity contribution in [1.29, 1.82) is 0 Å². The highest BCUT2D eigenvalue weighted by Crippen LogP contribution is 2.21. The Labute approximate surface area is 129 Å². The second-order valence-corrected chi connectivity index (χ2v) is 6.27. The Hall–Kier alpha value is -0.880. The van der Waals surface area contributed by atoms with E-state index >= 15 is 0 Å². The van der Waals surface area contributed by atoms with E-state index in [1.54, 1.807) is 12.1 Å². The van der Waals surface area contributed by atoms with Crippen molar-refractivity contribution >= 4 is 43.7 Å². The molecule has 2 amide bonds. The molecule has 104 valence electrons. The number of nitrogens with one attached hydrogen (secondary N) is 2. The highest BCUT2D eigenvalue weighted by Gasteiger charge is 2.11. The summed E-state index contributed by atoms with van der Waals surface area (Å²) < 4.78 is 1.50. The number of carbonyl (C=O) groups is 2. The van der Waals surface area contributed by atoms with Crippen LogP contribution in [0.1, 0.15) is 24.2 Å². The van der Waals surface area contributed by atoms with Crippen LogP contribution in [-0.2, 0) is 4.79 Å². The van der Waals surface area contributed by atoms with Gasteiger partial charge in [-0.25, -0.2) is 0 Å². The fourth-order valence-corrected chi connectivity index (χ4v) is 2.10. The molecule has 1 aromatic carbocycles. The molecule has 2 N–H and O–H groups in total. The average Bonchev–Trinajstić information content (AvgIpc) is 2.36. The maximum atomic E-state index is 11.9. The number of rotatable bonds is 5. The second-order valence-electron chi connectivity index (χ2n) is 4.50. The zero-order valence-electron chi connectivity index (χ0n) is 10.8. The maximum Gasteiger partial charge on any atom is 0.252 e. The van der Waals surface area contributed by atoms with Gasteiger partial charge in [-0.3, -0.25) is 9.59 Å². The van der Waals surface area contributed by atoms with Crippen LogP contribution >= 0.6 is 31.9 Å². The summed E-state index contributed by atoms with van der Waals surface area (Å²) in [6.45, 7) is 4.61. The lowest BCUT2D eigenvalue weighted by Gasteiger charge is -2.09. The fourth-order valence-electron chi connectivity index (χ4n) is 1.31. The Bertz CT molecular complexity index is 476. The predicted octanol–water partition coefficient (Wildman–Crippen LogP) is 2.71. The Morgan fingerprint density at radius 2 is 1.89 bits per heavy atom. The zero-order valence-corrected chi connectivity index (χ0v) is 14.0. The fraction of sp³-hybridized carbons (Fsp3) is 0.385. The van der Waals surface area contributed by atoms with Crippen molar-refractivity contribution < 1.29 is 9.59 Å². The molecule has 0 bridgehead atoms. The van der Waals surface area contributed by atoms with Gasteiger partial charge in [0.2, 0.25) is 5.91 Å². The summed E-state index contributed by atoms with van der Waals surface area (Å²) in [5, 5.41) is 5.33. The summed E-state index contributed by atoms with van der Waals surface area (Å²) >= 11 is 6.61. The first-order valence-corrected chi connectivity index (χ1v) is 7.48. The molecule has 6 heteroatoms. The van der Waals surface area contributed by atoms with Crippen LogP contribution in [0, 0.1) is 5.92 Å². The number of halogens is 2. The van der Waals surface area contributed by atoms with Gasteiger partial charge in [0.05, 0.1) is 12.1 Å². The van der Waals surface area contributed by atoms with Crippen LogP contribution in [0.5, 0.6) is 0 Å². The summed E-state index contributed by atoms with van der Waals surface area (Å²) in [6, 6.07) is 5.31. The Morgan fingerprint density at radius 3 is 2.53 bits per heavy atom. The minimum Gasteiger partial charge on any atom is -0.354 e. The Kier molecular flexibility index (Phi) is 6.51. The first-order chi connectivity index (χ1) is 8.90. The molecule has 4 nitrogen and oxygen atoms in total. The number of hydrogen-bond donors (Lipinski definition) is 2. The van der Waals surface area contributed by atoms with Crippen LogP contribution in [0.3, 0.4) is 0 Å². The van der Waals surface area contributed by atoms with E-state index in [0.717, 1.165) is 4.47 Å². The van der Waals surface area contributed by atoms with Crippen molar-refractivity contribution in [2.75, 3.05) is 13.1 Å². The van der Waals surface area contributed by atoms with Gasteiger partial charge in [0.15, 0.2) is 0 Å². The van der Waals surface area contributed by atoms with Gasteiger partial charge in [-0.1, -0.05) is 29.8 Å². The highest BCUT2D eigenvalue weighted by molar-refractivity contribution is 9.11.